The van der Waals surface area contributed by atoms with E-state index < -0.39 is 5.97 Å². The lowest BCUT2D eigenvalue weighted by Gasteiger charge is -2.12. The Balaban J connectivity index is 2.40. The van der Waals surface area contributed by atoms with Crippen molar-refractivity contribution in [2.45, 2.75) is 13.8 Å². The van der Waals surface area contributed by atoms with Gasteiger partial charge in [-0.25, -0.2) is 9.78 Å². The lowest BCUT2D eigenvalue weighted by molar-refractivity contribution is 0.0698. The van der Waals surface area contributed by atoms with Gasteiger partial charge in [0.2, 0.25) is 0 Å². The molecule has 0 fully saturated rings. The van der Waals surface area contributed by atoms with Crippen LogP contribution in [0.3, 0.4) is 0 Å². The van der Waals surface area contributed by atoms with Gasteiger partial charge in [-0.2, -0.15) is 0 Å². The standard InChI is InChI=1S/C14H15N3O2/c1-8-3-4-11(9(2)5-8)17-12-7-16-13(15)6-10(12)14(18)19/h3-7,17H,1-2H3,(H2,15,16)(H,18,19). The first-order valence-electron chi connectivity index (χ1n) is 5.80. The lowest BCUT2D eigenvalue weighted by Crippen LogP contribution is -2.06. The Bertz CT molecular complexity index is 639. The highest BCUT2D eigenvalue weighted by Crippen LogP contribution is 2.24. The molecule has 0 aliphatic heterocycles. The minimum atomic E-state index is -1.04. The second-order valence-corrected chi connectivity index (χ2v) is 4.40. The molecule has 98 valence electrons. The zero-order valence-electron chi connectivity index (χ0n) is 10.8. The number of pyridine rings is 1. The van der Waals surface area contributed by atoms with Gasteiger partial charge < -0.3 is 16.2 Å². The van der Waals surface area contributed by atoms with Crippen LogP contribution in [-0.2, 0) is 0 Å². The number of rotatable bonds is 3. The summed E-state index contributed by atoms with van der Waals surface area (Å²) in [6, 6.07) is 7.23. The normalized spacial score (nSPS) is 10.2. The van der Waals surface area contributed by atoms with Crippen LogP contribution in [0.5, 0.6) is 0 Å². The number of carboxylic acid groups (broad SMARTS) is 1. The minimum absolute atomic E-state index is 0.104. The maximum absolute atomic E-state index is 11.2. The number of hydrogen-bond donors (Lipinski definition) is 3. The molecule has 1 heterocycles. The summed E-state index contributed by atoms with van der Waals surface area (Å²) in [6.07, 6.45) is 1.43. The van der Waals surface area contributed by atoms with Gasteiger partial charge in [0.1, 0.15) is 5.82 Å². The number of nitrogens with one attached hydrogen (secondary N) is 1. The number of nitrogens with zero attached hydrogens (tertiary/aromatic N) is 1. The maximum atomic E-state index is 11.2. The summed E-state index contributed by atoms with van der Waals surface area (Å²) >= 11 is 0. The van der Waals surface area contributed by atoms with Crippen molar-refractivity contribution in [3.05, 3.63) is 47.2 Å². The highest BCUT2D eigenvalue weighted by molar-refractivity contribution is 5.95. The van der Waals surface area contributed by atoms with Crippen molar-refractivity contribution in [2.24, 2.45) is 0 Å². The molecule has 2 aromatic rings. The third-order valence-electron chi connectivity index (χ3n) is 2.81. The molecule has 0 amide bonds. The highest BCUT2D eigenvalue weighted by Gasteiger charge is 2.12. The molecule has 0 bridgehead atoms. The fourth-order valence-electron chi connectivity index (χ4n) is 1.85. The van der Waals surface area contributed by atoms with Crippen LogP contribution in [0.1, 0.15) is 21.5 Å². The van der Waals surface area contributed by atoms with Crippen molar-refractivity contribution in [1.82, 2.24) is 4.98 Å². The Morgan fingerprint density at radius 2 is 2.00 bits per heavy atom. The van der Waals surface area contributed by atoms with Crippen LogP contribution in [0.4, 0.5) is 17.2 Å². The van der Waals surface area contributed by atoms with Crippen molar-refractivity contribution < 1.29 is 9.90 Å². The highest BCUT2D eigenvalue weighted by atomic mass is 16.4. The fraction of sp³-hybridized carbons (Fsp3) is 0.143. The number of aromatic carboxylic acids is 1. The molecule has 5 heteroatoms. The second kappa shape index (κ2) is 4.97. The van der Waals surface area contributed by atoms with Crippen LogP contribution in [0, 0.1) is 13.8 Å². The van der Waals surface area contributed by atoms with Gasteiger partial charge in [-0.15, -0.1) is 0 Å². The van der Waals surface area contributed by atoms with E-state index >= 15 is 0 Å². The van der Waals surface area contributed by atoms with Gasteiger partial charge in [-0.05, 0) is 31.5 Å². The Morgan fingerprint density at radius 1 is 1.26 bits per heavy atom. The molecule has 0 aliphatic carbocycles. The smallest absolute Gasteiger partial charge is 0.338 e. The van der Waals surface area contributed by atoms with Gasteiger partial charge in [0.25, 0.3) is 0 Å². The fourth-order valence-corrected chi connectivity index (χ4v) is 1.85. The van der Waals surface area contributed by atoms with Crippen molar-refractivity contribution in [1.29, 1.82) is 0 Å². The molecule has 0 saturated heterocycles. The van der Waals surface area contributed by atoms with Gasteiger partial charge in [0, 0.05) is 5.69 Å². The molecule has 19 heavy (non-hydrogen) atoms. The molecule has 2 rings (SSSR count). The van der Waals surface area contributed by atoms with Crippen molar-refractivity contribution in [2.75, 3.05) is 11.1 Å². The number of nitrogen functional groups attached to an aromatic ring is 1. The Hall–Kier alpha value is -2.56. The summed E-state index contributed by atoms with van der Waals surface area (Å²) in [5.41, 5.74) is 9.07. The molecule has 5 nitrogen and oxygen atoms in total. The summed E-state index contributed by atoms with van der Waals surface area (Å²) in [5.74, 6) is -0.857. The molecule has 0 atom stereocenters. The summed E-state index contributed by atoms with van der Waals surface area (Å²) in [5, 5.41) is 12.2. The predicted molar refractivity (Wildman–Crippen MR) is 74.8 cm³/mol. The number of benzene rings is 1. The van der Waals surface area contributed by atoms with Gasteiger partial charge in [-0.3, -0.25) is 0 Å². The number of aryl methyl sites for hydroxylation is 2. The number of aromatic nitrogens is 1. The van der Waals surface area contributed by atoms with E-state index in [0.717, 1.165) is 16.8 Å². The topological polar surface area (TPSA) is 88.2 Å². The molecule has 1 aromatic heterocycles. The van der Waals surface area contributed by atoms with Gasteiger partial charge in [0.15, 0.2) is 0 Å². The van der Waals surface area contributed by atoms with E-state index in [0.29, 0.717) is 5.69 Å². The molecule has 0 unspecified atom stereocenters. The number of anilines is 3. The monoisotopic (exact) mass is 257 g/mol. The van der Waals surface area contributed by atoms with Crippen LogP contribution in [-0.4, -0.2) is 16.1 Å². The minimum Gasteiger partial charge on any atom is -0.478 e. The number of carbonyl (C=O) groups is 1. The van der Waals surface area contributed by atoms with Gasteiger partial charge in [0.05, 0.1) is 17.4 Å². The number of hydrogen-bond acceptors (Lipinski definition) is 4. The lowest BCUT2D eigenvalue weighted by atomic mass is 10.1. The van der Waals surface area contributed by atoms with Crippen LogP contribution < -0.4 is 11.1 Å². The molecule has 4 N–H and O–H groups in total. The zero-order chi connectivity index (χ0) is 14.0. The van der Waals surface area contributed by atoms with Gasteiger partial charge >= 0.3 is 5.97 Å². The average Bonchev–Trinajstić information content (AvgIpc) is 2.34. The summed E-state index contributed by atoms with van der Waals surface area (Å²) < 4.78 is 0. The van der Waals surface area contributed by atoms with Crippen LogP contribution >= 0.6 is 0 Å². The van der Waals surface area contributed by atoms with Crippen LogP contribution in [0.25, 0.3) is 0 Å². The summed E-state index contributed by atoms with van der Waals surface area (Å²) in [6.45, 7) is 3.96. The third-order valence-corrected chi connectivity index (χ3v) is 2.81. The zero-order valence-corrected chi connectivity index (χ0v) is 10.8. The van der Waals surface area contributed by atoms with E-state index in [9.17, 15) is 4.79 Å². The van der Waals surface area contributed by atoms with Crippen LogP contribution in [0.15, 0.2) is 30.5 Å². The van der Waals surface area contributed by atoms with E-state index in [2.05, 4.69) is 10.3 Å². The van der Waals surface area contributed by atoms with E-state index in [1.807, 2.05) is 32.0 Å². The van der Waals surface area contributed by atoms with E-state index in [1.54, 1.807) is 0 Å². The summed E-state index contributed by atoms with van der Waals surface area (Å²) in [7, 11) is 0. The second-order valence-electron chi connectivity index (χ2n) is 4.40. The molecule has 0 spiro atoms. The van der Waals surface area contributed by atoms with Gasteiger partial charge in [-0.1, -0.05) is 17.7 Å². The van der Waals surface area contributed by atoms with Crippen LogP contribution in [0.2, 0.25) is 0 Å². The van der Waals surface area contributed by atoms with E-state index in [4.69, 9.17) is 10.8 Å². The van der Waals surface area contributed by atoms with Crippen molar-refractivity contribution in [3.63, 3.8) is 0 Å². The number of nitrogens with two attached hydrogens (primary N) is 1. The quantitative estimate of drug-likeness (QED) is 0.786. The van der Waals surface area contributed by atoms with Crippen molar-refractivity contribution >= 4 is 23.2 Å². The first-order chi connectivity index (χ1) is 8.97. The first-order valence-corrected chi connectivity index (χ1v) is 5.80. The van der Waals surface area contributed by atoms with Crippen molar-refractivity contribution in [3.8, 4) is 0 Å². The largest absolute Gasteiger partial charge is 0.478 e. The number of carboxylic acids is 1. The summed E-state index contributed by atoms with van der Waals surface area (Å²) in [4.78, 5) is 15.1. The predicted octanol–water partition coefficient (Wildman–Crippen LogP) is 2.72. The molecule has 0 radical (unpaired) electrons. The molecule has 0 aliphatic rings. The molecular formula is C14H15N3O2. The molecule has 1 aromatic carbocycles. The van der Waals surface area contributed by atoms with E-state index in [-0.39, 0.29) is 11.4 Å². The average molecular weight is 257 g/mol. The first kappa shape index (κ1) is 12.9. The van der Waals surface area contributed by atoms with E-state index in [1.165, 1.54) is 12.3 Å². The Kier molecular flexibility index (Phi) is 3.37. The SMILES string of the molecule is Cc1ccc(Nc2cnc(N)cc2C(=O)O)c(C)c1. The maximum Gasteiger partial charge on any atom is 0.338 e. The molecule has 0 saturated carbocycles. The Morgan fingerprint density at radius 3 is 2.63 bits per heavy atom. The third kappa shape index (κ3) is 2.82. The Labute approximate surface area is 111 Å². The molecular weight excluding hydrogens is 242 g/mol.